The van der Waals surface area contributed by atoms with Crippen molar-refractivity contribution in [3.05, 3.63) is 46.2 Å². The zero-order chi connectivity index (χ0) is 17.0. The third kappa shape index (κ3) is 4.40. The van der Waals surface area contributed by atoms with Crippen molar-refractivity contribution in [2.24, 2.45) is 0 Å². The maximum Gasteiger partial charge on any atom is 0.319 e. The second-order valence-electron chi connectivity index (χ2n) is 5.09. The first-order valence-electron chi connectivity index (χ1n) is 6.80. The van der Waals surface area contributed by atoms with Crippen LogP contribution in [0.5, 0.6) is 0 Å². The molecule has 1 heterocycles. The van der Waals surface area contributed by atoms with Crippen LogP contribution in [0.3, 0.4) is 0 Å². The molecule has 124 valence electrons. The number of aliphatic hydroxyl groups is 1. The van der Waals surface area contributed by atoms with Gasteiger partial charge in [-0.1, -0.05) is 0 Å². The number of rotatable bonds is 5. The van der Waals surface area contributed by atoms with E-state index in [2.05, 4.69) is 10.6 Å². The monoisotopic (exact) mass is 341 g/mol. The quantitative estimate of drug-likeness (QED) is 0.783. The highest BCUT2D eigenvalue weighted by Gasteiger charge is 2.15. The number of hydrogen-bond donors (Lipinski definition) is 3. The van der Waals surface area contributed by atoms with Crippen LogP contribution in [0.1, 0.15) is 11.7 Å². The Labute approximate surface area is 136 Å². The number of hydrogen-bond acceptors (Lipinski definition) is 4. The number of nitrogens with zero attached hydrogens (tertiary/aromatic N) is 1. The number of benzene rings is 1. The predicted octanol–water partition coefficient (Wildman–Crippen LogP) is 2.95. The summed E-state index contributed by atoms with van der Waals surface area (Å²) in [6, 6.07) is 3.16. The summed E-state index contributed by atoms with van der Waals surface area (Å²) in [6.45, 7) is -0.0106. The van der Waals surface area contributed by atoms with E-state index < -0.39 is 23.8 Å². The topological polar surface area (TPSA) is 64.6 Å². The molecule has 8 heteroatoms. The normalized spacial score (nSPS) is 11.9. The molecule has 0 aliphatic carbocycles. The first-order chi connectivity index (χ1) is 10.9. The van der Waals surface area contributed by atoms with Gasteiger partial charge in [-0.3, -0.25) is 0 Å². The van der Waals surface area contributed by atoms with Crippen LogP contribution in [0.4, 0.5) is 25.0 Å². The van der Waals surface area contributed by atoms with Gasteiger partial charge in [-0.2, -0.15) is 11.3 Å². The Morgan fingerprint density at radius 2 is 2.00 bits per heavy atom. The van der Waals surface area contributed by atoms with Gasteiger partial charge >= 0.3 is 6.03 Å². The summed E-state index contributed by atoms with van der Waals surface area (Å²) in [5.41, 5.74) is 0.514. The maximum absolute atomic E-state index is 13.8. The van der Waals surface area contributed by atoms with Crippen molar-refractivity contribution in [1.82, 2.24) is 5.32 Å². The number of carbonyl (C=O) groups is 1. The van der Waals surface area contributed by atoms with E-state index in [-0.39, 0.29) is 17.9 Å². The minimum Gasteiger partial charge on any atom is -0.387 e. The third-order valence-electron chi connectivity index (χ3n) is 3.11. The Bertz CT molecular complexity index is 654. The number of thiophene rings is 1. The molecule has 0 aliphatic rings. The van der Waals surface area contributed by atoms with E-state index in [1.165, 1.54) is 30.3 Å². The van der Waals surface area contributed by atoms with Crippen LogP contribution in [0.15, 0.2) is 29.0 Å². The molecule has 23 heavy (non-hydrogen) atoms. The standard InChI is InChI=1S/C15H17F2N3O2S/c1-20(2)14-11(16)5-10(6-12(14)17)19-15(22)18-7-13(21)9-3-4-23-8-9/h3-6,8,13,21H,7H2,1-2H3,(H2,18,19,22). The molecule has 1 atom stereocenters. The summed E-state index contributed by atoms with van der Waals surface area (Å²) in [7, 11) is 3.04. The first kappa shape index (κ1) is 17.2. The lowest BCUT2D eigenvalue weighted by molar-refractivity contribution is 0.175. The lowest BCUT2D eigenvalue weighted by Crippen LogP contribution is -2.32. The Hall–Kier alpha value is -2.19. The summed E-state index contributed by atoms with van der Waals surface area (Å²) in [6.07, 6.45) is -0.836. The average Bonchev–Trinajstić information content (AvgIpc) is 2.97. The van der Waals surface area contributed by atoms with Gasteiger partial charge in [-0.05, 0) is 34.5 Å². The molecule has 5 nitrogen and oxygen atoms in total. The summed E-state index contributed by atoms with van der Waals surface area (Å²) in [5, 5.41) is 18.2. The second-order valence-corrected chi connectivity index (χ2v) is 5.87. The molecule has 1 aromatic heterocycles. The van der Waals surface area contributed by atoms with Crippen LogP contribution in [0.2, 0.25) is 0 Å². The number of aliphatic hydroxyl groups excluding tert-OH is 1. The van der Waals surface area contributed by atoms with Crippen molar-refractivity contribution in [2.75, 3.05) is 30.9 Å². The molecule has 2 amide bonds. The van der Waals surface area contributed by atoms with Crippen molar-refractivity contribution >= 4 is 28.7 Å². The van der Waals surface area contributed by atoms with E-state index in [1.54, 1.807) is 11.4 Å². The molecule has 0 bridgehead atoms. The van der Waals surface area contributed by atoms with Gasteiger partial charge in [-0.25, -0.2) is 13.6 Å². The van der Waals surface area contributed by atoms with E-state index >= 15 is 0 Å². The molecule has 0 radical (unpaired) electrons. The highest BCUT2D eigenvalue weighted by molar-refractivity contribution is 7.07. The van der Waals surface area contributed by atoms with E-state index in [1.807, 2.05) is 5.38 Å². The Balaban J connectivity index is 1.95. The fourth-order valence-corrected chi connectivity index (χ4v) is 2.72. The van der Waals surface area contributed by atoms with E-state index in [0.717, 1.165) is 12.1 Å². The molecular weight excluding hydrogens is 324 g/mol. The van der Waals surface area contributed by atoms with Gasteiger partial charge in [0, 0.05) is 26.3 Å². The number of carbonyl (C=O) groups excluding carboxylic acids is 1. The number of halogens is 2. The molecule has 1 aromatic carbocycles. The molecule has 3 N–H and O–H groups in total. The van der Waals surface area contributed by atoms with E-state index in [4.69, 9.17) is 0 Å². The highest BCUT2D eigenvalue weighted by Crippen LogP contribution is 2.25. The summed E-state index contributed by atoms with van der Waals surface area (Å²) in [5.74, 6) is -1.55. The number of urea groups is 1. The average molecular weight is 341 g/mol. The van der Waals surface area contributed by atoms with E-state index in [9.17, 15) is 18.7 Å². The molecule has 2 aromatic rings. The highest BCUT2D eigenvalue weighted by atomic mass is 32.1. The smallest absolute Gasteiger partial charge is 0.319 e. The minimum atomic E-state index is -0.836. The lowest BCUT2D eigenvalue weighted by atomic mass is 10.2. The van der Waals surface area contributed by atoms with Gasteiger partial charge in [0.05, 0.1) is 6.10 Å². The van der Waals surface area contributed by atoms with Crippen molar-refractivity contribution in [3.8, 4) is 0 Å². The van der Waals surface area contributed by atoms with Crippen LogP contribution in [0, 0.1) is 11.6 Å². The fourth-order valence-electron chi connectivity index (χ4n) is 2.01. The van der Waals surface area contributed by atoms with Gasteiger partial charge < -0.3 is 20.6 Å². The Morgan fingerprint density at radius 3 is 2.52 bits per heavy atom. The second kappa shape index (κ2) is 7.38. The third-order valence-corrected chi connectivity index (χ3v) is 3.81. The van der Waals surface area contributed by atoms with Gasteiger partial charge in [0.2, 0.25) is 0 Å². The largest absolute Gasteiger partial charge is 0.387 e. The lowest BCUT2D eigenvalue weighted by Gasteiger charge is -2.16. The number of anilines is 2. The Morgan fingerprint density at radius 1 is 1.35 bits per heavy atom. The number of amides is 2. The van der Waals surface area contributed by atoms with Crippen molar-refractivity contribution in [2.45, 2.75) is 6.10 Å². The fraction of sp³-hybridized carbons (Fsp3) is 0.267. The van der Waals surface area contributed by atoms with E-state index in [0.29, 0.717) is 5.56 Å². The maximum atomic E-state index is 13.8. The first-order valence-corrected chi connectivity index (χ1v) is 7.74. The predicted molar refractivity (Wildman–Crippen MR) is 87.0 cm³/mol. The summed E-state index contributed by atoms with van der Waals surface area (Å²) in [4.78, 5) is 13.1. The molecule has 0 saturated heterocycles. The molecule has 0 aliphatic heterocycles. The van der Waals surface area contributed by atoms with Gasteiger partial charge in [0.1, 0.15) is 5.69 Å². The minimum absolute atomic E-state index is 0.00637. The van der Waals surface area contributed by atoms with Crippen LogP contribution in [0.25, 0.3) is 0 Å². The van der Waals surface area contributed by atoms with Crippen molar-refractivity contribution < 1.29 is 18.7 Å². The van der Waals surface area contributed by atoms with Crippen LogP contribution >= 0.6 is 11.3 Å². The molecule has 0 spiro atoms. The molecule has 0 saturated carbocycles. The van der Waals surface area contributed by atoms with Crippen LogP contribution in [-0.4, -0.2) is 31.8 Å². The molecule has 2 rings (SSSR count). The molecular formula is C15H17F2N3O2S. The van der Waals surface area contributed by atoms with Gasteiger partial charge in [-0.15, -0.1) is 0 Å². The zero-order valence-corrected chi connectivity index (χ0v) is 13.5. The summed E-state index contributed by atoms with van der Waals surface area (Å²) >= 11 is 1.44. The van der Waals surface area contributed by atoms with Gasteiger partial charge in [0.15, 0.2) is 11.6 Å². The summed E-state index contributed by atoms with van der Waals surface area (Å²) < 4.78 is 27.6. The zero-order valence-electron chi connectivity index (χ0n) is 12.6. The molecule has 1 unspecified atom stereocenters. The molecule has 0 fully saturated rings. The van der Waals surface area contributed by atoms with Crippen LogP contribution < -0.4 is 15.5 Å². The van der Waals surface area contributed by atoms with Crippen LogP contribution in [-0.2, 0) is 0 Å². The van der Waals surface area contributed by atoms with Crippen molar-refractivity contribution in [3.63, 3.8) is 0 Å². The number of nitrogens with one attached hydrogen (secondary N) is 2. The van der Waals surface area contributed by atoms with Crippen molar-refractivity contribution in [1.29, 1.82) is 0 Å². The Kier molecular flexibility index (Phi) is 5.51. The SMILES string of the molecule is CN(C)c1c(F)cc(NC(=O)NCC(O)c2ccsc2)cc1F. The van der Waals surface area contributed by atoms with Gasteiger partial charge in [0.25, 0.3) is 0 Å².